The molecule has 0 aromatic carbocycles. The summed E-state index contributed by atoms with van der Waals surface area (Å²) in [5, 5.41) is 0. The zero-order chi connectivity index (χ0) is 16.0. The highest BCUT2D eigenvalue weighted by molar-refractivity contribution is 7.90. The standard InChI is InChI=1S/C16H26N2O3S/c1-16(2,3)22(19)18-14(13-6-4-9-17-12-13)7-8-15-20-10-5-11-21-15/h4,6,9,12,14-15,18H,5,7-8,10-11H2,1-3H3. The second-order valence-electron chi connectivity index (χ2n) is 6.44. The molecule has 2 atom stereocenters. The molecule has 0 radical (unpaired) electrons. The van der Waals surface area contributed by atoms with Crippen LogP contribution in [0.25, 0.3) is 0 Å². The highest BCUT2D eigenvalue weighted by Crippen LogP contribution is 2.25. The molecule has 2 heterocycles. The lowest BCUT2D eigenvalue weighted by Gasteiger charge is -2.29. The summed E-state index contributed by atoms with van der Waals surface area (Å²) in [6.07, 6.45) is 5.92. The number of aromatic nitrogens is 1. The van der Waals surface area contributed by atoms with Crippen molar-refractivity contribution >= 4 is 11.4 Å². The lowest BCUT2D eigenvalue weighted by molar-refractivity contribution is -0.182. The predicted octanol–water partition coefficient (Wildman–Crippen LogP) is 2.72. The summed E-state index contributed by atoms with van der Waals surface area (Å²) in [5.74, 6) is 0. The van der Waals surface area contributed by atoms with Gasteiger partial charge >= 0.3 is 0 Å². The average Bonchev–Trinajstić information content (AvgIpc) is 2.52. The van der Waals surface area contributed by atoms with Crippen LogP contribution in [0.15, 0.2) is 24.5 Å². The molecule has 1 saturated heterocycles. The highest BCUT2D eigenvalue weighted by atomic mass is 32.2. The van der Waals surface area contributed by atoms with Gasteiger partial charge in [0.1, 0.15) is 4.75 Å². The normalized spacial score (nSPS) is 19.8. The smallest absolute Gasteiger partial charge is 0.157 e. The lowest BCUT2D eigenvalue weighted by atomic mass is 10.0. The van der Waals surface area contributed by atoms with Gasteiger partial charge in [-0.3, -0.25) is 4.98 Å². The van der Waals surface area contributed by atoms with Crippen LogP contribution in [-0.2, 0) is 20.8 Å². The Morgan fingerprint density at radius 3 is 2.73 bits per heavy atom. The summed E-state index contributed by atoms with van der Waals surface area (Å²) in [7, 11) is 0. The highest BCUT2D eigenvalue weighted by Gasteiger charge is 2.30. The second-order valence-corrected chi connectivity index (χ2v) is 8.44. The summed E-state index contributed by atoms with van der Waals surface area (Å²) >= 11 is -1.13. The lowest BCUT2D eigenvalue weighted by Crippen LogP contribution is -2.41. The Labute approximate surface area is 136 Å². The summed E-state index contributed by atoms with van der Waals surface area (Å²) in [6, 6.07) is 3.88. The van der Waals surface area contributed by atoms with Gasteiger partial charge in [-0.05, 0) is 45.2 Å². The van der Waals surface area contributed by atoms with E-state index in [1.54, 1.807) is 6.20 Å². The van der Waals surface area contributed by atoms with Gasteiger partial charge < -0.3 is 14.0 Å². The molecule has 1 fully saturated rings. The molecule has 6 heteroatoms. The Balaban J connectivity index is 1.98. The molecule has 0 saturated carbocycles. The number of nitrogens with one attached hydrogen (secondary N) is 1. The van der Waals surface area contributed by atoms with Crippen molar-refractivity contribution in [2.75, 3.05) is 13.2 Å². The van der Waals surface area contributed by atoms with Gasteiger partial charge in [0.25, 0.3) is 0 Å². The Bertz CT molecular complexity index is 433. The van der Waals surface area contributed by atoms with Crippen LogP contribution in [0.5, 0.6) is 0 Å². The van der Waals surface area contributed by atoms with Crippen LogP contribution in [0, 0.1) is 0 Å². The van der Waals surface area contributed by atoms with E-state index in [1.807, 2.05) is 39.1 Å². The van der Waals surface area contributed by atoms with E-state index >= 15 is 0 Å². The third kappa shape index (κ3) is 5.52. The third-order valence-electron chi connectivity index (χ3n) is 3.48. The van der Waals surface area contributed by atoms with Gasteiger partial charge in [-0.2, -0.15) is 0 Å². The molecule has 1 N–H and O–H groups in total. The third-order valence-corrected chi connectivity index (χ3v) is 5.09. The number of ether oxygens (including phenoxy) is 2. The molecule has 2 rings (SSSR count). The molecule has 0 amide bonds. The van der Waals surface area contributed by atoms with E-state index in [2.05, 4.69) is 9.71 Å². The molecule has 1 aliphatic rings. The maximum atomic E-state index is 12.4. The number of rotatable bonds is 6. The molecule has 1 aliphatic heterocycles. The van der Waals surface area contributed by atoms with Crippen LogP contribution in [0.4, 0.5) is 0 Å². The molecule has 1 aromatic heterocycles. The minimum absolute atomic E-state index is 0.0251. The summed E-state index contributed by atoms with van der Waals surface area (Å²) in [5.41, 5.74) is 1.04. The molecule has 0 spiro atoms. The molecule has 0 aliphatic carbocycles. The van der Waals surface area contributed by atoms with Gasteiger partial charge in [0.05, 0.1) is 19.3 Å². The van der Waals surface area contributed by atoms with Crippen molar-refractivity contribution in [3.8, 4) is 0 Å². The van der Waals surface area contributed by atoms with E-state index in [1.165, 1.54) is 0 Å². The molecule has 22 heavy (non-hydrogen) atoms. The van der Waals surface area contributed by atoms with E-state index in [0.29, 0.717) is 0 Å². The van der Waals surface area contributed by atoms with Crippen molar-refractivity contribution in [3.05, 3.63) is 30.1 Å². The van der Waals surface area contributed by atoms with Crippen LogP contribution in [0.2, 0.25) is 0 Å². The van der Waals surface area contributed by atoms with Crippen molar-refractivity contribution in [3.63, 3.8) is 0 Å². The quantitative estimate of drug-likeness (QED) is 0.814. The Morgan fingerprint density at radius 2 is 2.14 bits per heavy atom. The minimum Gasteiger partial charge on any atom is -0.598 e. The zero-order valence-corrected chi connectivity index (χ0v) is 14.4. The monoisotopic (exact) mass is 326 g/mol. The zero-order valence-electron chi connectivity index (χ0n) is 13.6. The van der Waals surface area contributed by atoms with Crippen LogP contribution in [0.1, 0.15) is 51.6 Å². The molecular weight excluding hydrogens is 300 g/mol. The van der Waals surface area contributed by atoms with Crippen molar-refractivity contribution in [1.29, 1.82) is 0 Å². The topological polar surface area (TPSA) is 66.4 Å². The minimum atomic E-state index is -1.13. The van der Waals surface area contributed by atoms with Crippen molar-refractivity contribution in [1.82, 2.24) is 9.71 Å². The molecule has 5 nitrogen and oxygen atoms in total. The first kappa shape index (κ1) is 17.7. The largest absolute Gasteiger partial charge is 0.598 e. The van der Waals surface area contributed by atoms with Gasteiger partial charge in [0.2, 0.25) is 0 Å². The fourth-order valence-corrected chi connectivity index (χ4v) is 3.05. The van der Waals surface area contributed by atoms with Crippen molar-refractivity contribution in [2.45, 2.75) is 57.1 Å². The predicted molar refractivity (Wildman–Crippen MR) is 87.6 cm³/mol. The Kier molecular flexibility index (Phi) is 6.65. The second kappa shape index (κ2) is 8.26. The first-order valence-electron chi connectivity index (χ1n) is 7.78. The number of hydrogen-bond donors (Lipinski definition) is 1. The van der Waals surface area contributed by atoms with Gasteiger partial charge in [-0.15, -0.1) is 4.72 Å². The van der Waals surface area contributed by atoms with Crippen molar-refractivity contribution < 1.29 is 14.0 Å². The molecular formula is C16H26N2O3S. The first-order chi connectivity index (χ1) is 10.5. The maximum Gasteiger partial charge on any atom is 0.157 e. The van der Waals surface area contributed by atoms with Gasteiger partial charge in [0.15, 0.2) is 6.29 Å². The molecule has 1 aromatic rings. The van der Waals surface area contributed by atoms with Gasteiger partial charge in [-0.1, -0.05) is 6.07 Å². The van der Waals surface area contributed by atoms with E-state index in [-0.39, 0.29) is 17.1 Å². The van der Waals surface area contributed by atoms with E-state index in [0.717, 1.165) is 38.0 Å². The summed E-state index contributed by atoms with van der Waals surface area (Å²) < 4.78 is 26.5. The van der Waals surface area contributed by atoms with Crippen molar-refractivity contribution in [2.24, 2.45) is 0 Å². The Hall–Kier alpha value is -0.660. The van der Waals surface area contributed by atoms with Crippen LogP contribution in [0.3, 0.4) is 0 Å². The number of pyridine rings is 1. The van der Waals surface area contributed by atoms with Crippen LogP contribution >= 0.6 is 0 Å². The van der Waals surface area contributed by atoms with Gasteiger partial charge in [-0.25, -0.2) is 0 Å². The molecule has 124 valence electrons. The molecule has 0 bridgehead atoms. The van der Waals surface area contributed by atoms with Gasteiger partial charge in [0, 0.05) is 30.2 Å². The number of nitrogens with zero attached hydrogens (tertiary/aromatic N) is 1. The maximum absolute atomic E-state index is 12.4. The number of hydrogen-bond acceptors (Lipinski definition) is 5. The fourth-order valence-electron chi connectivity index (χ4n) is 2.19. The van der Waals surface area contributed by atoms with E-state index < -0.39 is 11.4 Å². The van der Waals surface area contributed by atoms with Crippen LogP contribution < -0.4 is 4.72 Å². The fraction of sp³-hybridized carbons (Fsp3) is 0.688. The summed E-state index contributed by atoms with van der Waals surface area (Å²) in [4.78, 5) is 4.17. The summed E-state index contributed by atoms with van der Waals surface area (Å²) in [6.45, 7) is 7.39. The average molecular weight is 326 g/mol. The van der Waals surface area contributed by atoms with E-state index in [4.69, 9.17) is 9.47 Å². The Morgan fingerprint density at radius 1 is 1.41 bits per heavy atom. The van der Waals surface area contributed by atoms with E-state index in [9.17, 15) is 4.55 Å². The molecule has 2 unspecified atom stereocenters. The van der Waals surface area contributed by atoms with Crippen LogP contribution in [-0.4, -0.2) is 33.8 Å². The first-order valence-corrected chi connectivity index (χ1v) is 8.93. The SMILES string of the molecule is CC(C)(C)[S+]([O-])NC(CCC1OCCCO1)c1cccnc1.